The lowest BCUT2D eigenvalue weighted by Crippen LogP contribution is -2.32. The van der Waals surface area contributed by atoms with Crippen LogP contribution in [0.1, 0.15) is 36.1 Å². The van der Waals surface area contributed by atoms with E-state index in [-0.39, 0.29) is 5.41 Å². The average Bonchev–Trinajstić information content (AvgIpc) is 3.06. The zero-order valence-electron chi connectivity index (χ0n) is 24.4. The molecule has 0 unspecified atom stereocenters. The summed E-state index contributed by atoms with van der Waals surface area (Å²) < 4.78 is 0. The molecule has 3 heteroatoms. The highest BCUT2D eigenvalue weighted by atomic mass is 32.4. The molecule has 8 rings (SSSR count). The third-order valence-corrected chi connectivity index (χ3v) is 14.3. The predicted molar refractivity (Wildman–Crippen MR) is 190 cm³/mol. The number of fused-ring (bicyclic) bond motifs is 3. The van der Waals surface area contributed by atoms with Gasteiger partial charge in [-0.2, -0.15) is 0 Å². The van der Waals surface area contributed by atoms with Gasteiger partial charge in [0.2, 0.25) is 0 Å². The van der Waals surface area contributed by atoms with Crippen molar-refractivity contribution in [2.75, 3.05) is 4.90 Å². The Morgan fingerprint density at radius 2 is 1.28 bits per heavy atom. The average molecular weight is 590 g/mol. The van der Waals surface area contributed by atoms with E-state index in [1.807, 2.05) is 0 Å². The first kappa shape index (κ1) is 26.4. The van der Waals surface area contributed by atoms with Crippen LogP contribution in [0.3, 0.4) is 0 Å². The van der Waals surface area contributed by atoms with Crippen LogP contribution in [0.15, 0.2) is 140 Å². The van der Waals surface area contributed by atoms with Crippen molar-refractivity contribution in [1.82, 2.24) is 0 Å². The van der Waals surface area contributed by atoms with Crippen LogP contribution in [-0.2, 0) is 23.6 Å². The van der Waals surface area contributed by atoms with Gasteiger partial charge in [0, 0.05) is 17.1 Å². The first-order valence-electron chi connectivity index (χ1n) is 14.9. The lowest BCUT2D eigenvalue weighted by atomic mass is 9.69. The second-order valence-electron chi connectivity index (χ2n) is 12.1. The van der Waals surface area contributed by atoms with Gasteiger partial charge in [0.25, 0.3) is 0 Å². The maximum Gasteiger partial charge on any atom is 0.0511 e. The topological polar surface area (TPSA) is 3.24 Å². The molecule has 0 aromatic heterocycles. The Hall–Kier alpha value is -4.23. The molecule has 0 fully saturated rings. The molecule has 0 saturated carbocycles. The van der Waals surface area contributed by atoms with Crippen molar-refractivity contribution in [1.29, 1.82) is 0 Å². The Balaban J connectivity index is 1.35. The van der Waals surface area contributed by atoms with Gasteiger partial charge in [-0.1, -0.05) is 147 Å². The standard InChI is InChI=1S/C40H32NPS/c1-40(2)35-21-9-10-22-36(35)41(37-27-29-15-11-13-28-14-12-20-34(38(28)29)39(37)40)30-23-25-33(26-24-30)42(43,31-16-5-3-6-17-31)32-18-7-4-8-19-32/h3-19,21-27H,20H2,1-2H3. The van der Waals surface area contributed by atoms with Gasteiger partial charge < -0.3 is 4.90 Å². The van der Waals surface area contributed by atoms with E-state index >= 15 is 0 Å². The molecule has 6 aromatic rings. The minimum absolute atomic E-state index is 0.133. The van der Waals surface area contributed by atoms with E-state index in [0.717, 1.165) is 12.1 Å². The minimum Gasteiger partial charge on any atom is -0.310 e. The van der Waals surface area contributed by atoms with Gasteiger partial charge in [-0.05, 0) is 79.6 Å². The van der Waals surface area contributed by atoms with Crippen molar-refractivity contribution in [2.24, 2.45) is 0 Å². The highest BCUT2D eigenvalue weighted by Crippen LogP contribution is 2.55. The summed E-state index contributed by atoms with van der Waals surface area (Å²) in [5.41, 5.74) is 9.10. The minimum atomic E-state index is -2.23. The molecule has 1 aliphatic heterocycles. The van der Waals surface area contributed by atoms with Crippen molar-refractivity contribution in [3.05, 3.63) is 162 Å². The van der Waals surface area contributed by atoms with Crippen molar-refractivity contribution in [3.63, 3.8) is 0 Å². The quantitative estimate of drug-likeness (QED) is 0.189. The van der Waals surface area contributed by atoms with Gasteiger partial charge in [-0.3, -0.25) is 0 Å². The molecular weight excluding hydrogens is 557 g/mol. The molecule has 43 heavy (non-hydrogen) atoms. The third-order valence-electron chi connectivity index (χ3n) is 9.30. The van der Waals surface area contributed by atoms with Crippen LogP contribution in [0, 0.1) is 0 Å². The summed E-state index contributed by atoms with van der Waals surface area (Å²) in [6.07, 6.45) is 5.56. The molecule has 6 aromatic carbocycles. The number of hydrogen-bond donors (Lipinski definition) is 0. The van der Waals surface area contributed by atoms with Crippen molar-refractivity contribution in [2.45, 2.75) is 25.7 Å². The largest absolute Gasteiger partial charge is 0.310 e. The van der Waals surface area contributed by atoms with Crippen LogP contribution in [-0.4, -0.2) is 0 Å². The van der Waals surface area contributed by atoms with E-state index in [1.165, 1.54) is 60.3 Å². The van der Waals surface area contributed by atoms with Gasteiger partial charge in [-0.25, -0.2) is 0 Å². The fraction of sp³-hybridized carbons (Fsp3) is 0.100. The Labute approximate surface area is 259 Å². The molecule has 0 saturated heterocycles. The number of hydrogen-bond acceptors (Lipinski definition) is 2. The molecule has 2 aliphatic rings. The fourth-order valence-corrected chi connectivity index (χ4v) is 11.1. The first-order valence-corrected chi connectivity index (χ1v) is 17.8. The normalized spacial score (nSPS) is 14.8. The van der Waals surface area contributed by atoms with Gasteiger partial charge >= 0.3 is 0 Å². The molecule has 0 spiro atoms. The molecule has 0 N–H and O–H groups in total. The van der Waals surface area contributed by atoms with E-state index in [1.54, 1.807) is 0 Å². The number of allylic oxidation sites excluding steroid dienone is 1. The molecule has 1 heterocycles. The summed E-state index contributed by atoms with van der Waals surface area (Å²) >= 11 is 6.65. The number of nitrogens with zero attached hydrogens (tertiary/aromatic N) is 1. The maximum atomic E-state index is 6.65. The summed E-state index contributed by atoms with van der Waals surface area (Å²) in [5.74, 6) is 0. The zero-order valence-corrected chi connectivity index (χ0v) is 26.1. The lowest BCUT2D eigenvalue weighted by molar-refractivity contribution is 0.626. The number of benzene rings is 6. The van der Waals surface area contributed by atoms with Crippen molar-refractivity contribution >= 4 is 67.7 Å². The lowest BCUT2D eigenvalue weighted by Gasteiger charge is -2.44. The number of para-hydroxylation sites is 1. The number of rotatable bonds is 4. The van der Waals surface area contributed by atoms with Gasteiger partial charge in [0.05, 0.1) is 11.4 Å². The van der Waals surface area contributed by atoms with Crippen LogP contribution in [0.4, 0.5) is 17.1 Å². The Morgan fingerprint density at radius 1 is 0.651 bits per heavy atom. The summed E-state index contributed by atoms with van der Waals surface area (Å²) in [4.78, 5) is 2.48. The summed E-state index contributed by atoms with van der Waals surface area (Å²) in [6, 6.07) is 46.3. The van der Waals surface area contributed by atoms with Crippen LogP contribution >= 0.6 is 6.04 Å². The van der Waals surface area contributed by atoms with Crippen LogP contribution in [0.25, 0.3) is 16.8 Å². The summed E-state index contributed by atoms with van der Waals surface area (Å²) in [6.45, 7) is 4.79. The fourth-order valence-electron chi connectivity index (χ4n) is 7.35. The van der Waals surface area contributed by atoms with Crippen LogP contribution < -0.4 is 20.8 Å². The second kappa shape index (κ2) is 9.91. The van der Waals surface area contributed by atoms with E-state index in [4.69, 9.17) is 11.8 Å². The van der Waals surface area contributed by atoms with Gasteiger partial charge in [0.15, 0.2) is 0 Å². The van der Waals surface area contributed by atoms with Crippen molar-refractivity contribution < 1.29 is 0 Å². The van der Waals surface area contributed by atoms with Crippen LogP contribution in [0.5, 0.6) is 0 Å². The number of anilines is 3. The molecule has 1 aliphatic carbocycles. The summed E-state index contributed by atoms with van der Waals surface area (Å²) in [7, 11) is 0. The zero-order chi connectivity index (χ0) is 29.2. The molecule has 0 atom stereocenters. The van der Waals surface area contributed by atoms with Gasteiger partial charge in [0.1, 0.15) is 0 Å². The highest BCUT2D eigenvalue weighted by Gasteiger charge is 2.39. The second-order valence-corrected chi connectivity index (χ2v) is 16.5. The molecular formula is C40H32NPS. The highest BCUT2D eigenvalue weighted by molar-refractivity contribution is 8.25. The van der Waals surface area contributed by atoms with E-state index in [2.05, 4.69) is 164 Å². The third kappa shape index (κ3) is 3.94. The Kier molecular flexibility index (Phi) is 6.09. The Bertz CT molecular complexity index is 2050. The summed E-state index contributed by atoms with van der Waals surface area (Å²) in [5, 5.41) is 6.34. The monoisotopic (exact) mass is 589 g/mol. The maximum absolute atomic E-state index is 6.65. The van der Waals surface area contributed by atoms with E-state index in [9.17, 15) is 0 Å². The molecule has 1 nitrogen and oxygen atoms in total. The molecule has 0 bridgehead atoms. The predicted octanol–water partition coefficient (Wildman–Crippen LogP) is 9.27. The smallest absolute Gasteiger partial charge is 0.0511 e. The first-order chi connectivity index (χ1) is 21.0. The SMILES string of the molecule is CC1(C)c2ccccc2N(c2ccc(P(=S)(c3ccccc3)c3ccccc3)cc2)c2cc3cccc4c3c(c21)CC=C4. The molecule has 208 valence electrons. The van der Waals surface area contributed by atoms with E-state index < -0.39 is 6.04 Å². The Morgan fingerprint density at radius 3 is 1.98 bits per heavy atom. The molecule has 0 radical (unpaired) electrons. The molecule has 0 amide bonds. The van der Waals surface area contributed by atoms with Crippen LogP contribution in [0.2, 0.25) is 0 Å². The van der Waals surface area contributed by atoms with Gasteiger partial charge in [-0.15, -0.1) is 0 Å². The van der Waals surface area contributed by atoms with Crippen molar-refractivity contribution in [3.8, 4) is 0 Å². The van der Waals surface area contributed by atoms with E-state index in [0.29, 0.717) is 0 Å².